The van der Waals surface area contributed by atoms with Gasteiger partial charge in [-0.25, -0.2) is 0 Å². The summed E-state index contributed by atoms with van der Waals surface area (Å²) < 4.78 is 24.5. The van der Waals surface area contributed by atoms with Gasteiger partial charge in [0.2, 0.25) is 5.91 Å². The fraction of sp³-hybridized carbons (Fsp3) is 0.920. The summed E-state index contributed by atoms with van der Waals surface area (Å²) in [5.74, 6) is 0.0358. The van der Waals surface area contributed by atoms with E-state index in [1.54, 1.807) is 19.1 Å². The Morgan fingerprint density at radius 2 is 1.91 bits per heavy atom. The third-order valence-corrected chi connectivity index (χ3v) is 8.30. The van der Waals surface area contributed by atoms with Crippen molar-refractivity contribution in [2.45, 2.75) is 94.0 Å². The van der Waals surface area contributed by atoms with Gasteiger partial charge in [0, 0.05) is 39.3 Å². The smallest absolute Gasteiger partial charge is 0.237 e. The molecule has 34 heavy (non-hydrogen) atoms. The Bertz CT molecular complexity index is 778. The summed E-state index contributed by atoms with van der Waals surface area (Å²) in [6.45, 7) is 10.6. The molecule has 4 aliphatic heterocycles. The van der Waals surface area contributed by atoms with Gasteiger partial charge in [-0.2, -0.15) is 5.26 Å². The number of rotatable bonds is 7. The topological polar surface area (TPSA) is 96.3 Å². The van der Waals surface area contributed by atoms with Crippen LogP contribution in [0.3, 0.4) is 0 Å². The minimum absolute atomic E-state index is 0.0358. The molecule has 0 aromatic carbocycles. The van der Waals surface area contributed by atoms with Crippen LogP contribution in [0.15, 0.2) is 0 Å². The lowest BCUT2D eigenvalue weighted by Crippen LogP contribution is -2.64. The summed E-state index contributed by atoms with van der Waals surface area (Å²) in [6.07, 6.45) is 3.93. The third-order valence-electron chi connectivity index (χ3n) is 8.30. The van der Waals surface area contributed by atoms with E-state index in [2.05, 4.69) is 37.1 Å². The fourth-order valence-electron chi connectivity index (χ4n) is 6.37. The largest absolute Gasteiger partial charge is 0.376 e. The molecule has 0 aromatic heterocycles. The van der Waals surface area contributed by atoms with Crippen LogP contribution in [-0.4, -0.2) is 110 Å². The molecule has 0 aromatic rings. The summed E-state index contributed by atoms with van der Waals surface area (Å²) in [4.78, 5) is 16.9. The van der Waals surface area contributed by atoms with Gasteiger partial charge in [-0.3, -0.25) is 4.79 Å². The summed E-state index contributed by atoms with van der Waals surface area (Å²) in [5.41, 5.74) is -0.800. The Hall–Kier alpha value is -1.28. The maximum atomic E-state index is 12.7. The first-order chi connectivity index (χ1) is 16.1. The van der Waals surface area contributed by atoms with Crippen molar-refractivity contribution in [1.82, 2.24) is 15.1 Å². The number of fused-ring (bicyclic) bond motifs is 1. The number of hydrogen-bond acceptors (Lipinski definition) is 8. The van der Waals surface area contributed by atoms with E-state index in [4.69, 9.17) is 18.9 Å². The van der Waals surface area contributed by atoms with E-state index in [1.807, 2.05) is 0 Å². The van der Waals surface area contributed by atoms with Crippen molar-refractivity contribution >= 4 is 5.91 Å². The zero-order valence-electron chi connectivity index (χ0n) is 21.5. The molecule has 0 saturated carbocycles. The molecule has 0 aliphatic carbocycles. The fourth-order valence-corrected chi connectivity index (χ4v) is 6.37. The number of methoxy groups -OCH3 is 2. The number of amides is 1. The monoisotopic (exact) mass is 478 g/mol. The molecular weight excluding hydrogens is 436 g/mol. The van der Waals surface area contributed by atoms with Gasteiger partial charge < -0.3 is 34.1 Å². The Morgan fingerprint density at radius 3 is 2.56 bits per heavy atom. The van der Waals surface area contributed by atoms with E-state index in [0.29, 0.717) is 19.7 Å². The molecule has 0 radical (unpaired) electrons. The zero-order chi connectivity index (χ0) is 24.6. The summed E-state index contributed by atoms with van der Waals surface area (Å²) in [6, 6.07) is 1.99. The second-order valence-electron chi connectivity index (χ2n) is 11.4. The Kier molecular flexibility index (Phi) is 7.59. The first kappa shape index (κ1) is 25.8. The molecule has 4 aliphatic rings. The number of nitrogens with zero attached hydrogens (tertiary/aromatic N) is 3. The van der Waals surface area contributed by atoms with Crippen LogP contribution in [0.2, 0.25) is 0 Å². The molecule has 192 valence electrons. The first-order valence-corrected chi connectivity index (χ1v) is 12.7. The molecular formula is C25H42N4O5. The molecule has 4 heterocycles. The predicted octanol–water partition coefficient (Wildman–Crippen LogP) is 1.31. The van der Waals surface area contributed by atoms with Crippen LogP contribution < -0.4 is 5.32 Å². The highest BCUT2D eigenvalue weighted by Gasteiger charge is 2.61. The first-order valence-electron chi connectivity index (χ1n) is 12.7. The van der Waals surface area contributed by atoms with Crippen LogP contribution in [-0.2, 0) is 23.7 Å². The second kappa shape index (κ2) is 10.00. The molecule has 9 heteroatoms. The van der Waals surface area contributed by atoms with Crippen LogP contribution >= 0.6 is 0 Å². The predicted molar refractivity (Wildman–Crippen MR) is 126 cm³/mol. The molecule has 0 unspecified atom stereocenters. The number of carbonyl (C=O) groups is 1. The Balaban J connectivity index is 1.34. The van der Waals surface area contributed by atoms with Gasteiger partial charge in [-0.1, -0.05) is 0 Å². The molecule has 4 rings (SSSR count). The van der Waals surface area contributed by atoms with Gasteiger partial charge in [-0.05, 0) is 59.5 Å². The van der Waals surface area contributed by atoms with Crippen molar-refractivity contribution in [2.24, 2.45) is 0 Å². The molecule has 9 nitrogen and oxygen atoms in total. The maximum absolute atomic E-state index is 12.7. The molecule has 1 amide bonds. The zero-order valence-corrected chi connectivity index (χ0v) is 21.5. The SMILES string of the molecule is CO[C@@H]1[C@H](OC)CO[C@@]2(CN3CCC(C)(NCC(=O)N4CCC[C@H]4C#N)CC3)CC(C)(C)O[C@@H]12. The number of nitriles is 1. The maximum Gasteiger partial charge on any atom is 0.237 e. The van der Waals surface area contributed by atoms with Crippen molar-refractivity contribution in [3.05, 3.63) is 0 Å². The molecule has 0 spiro atoms. The summed E-state index contributed by atoms with van der Waals surface area (Å²) >= 11 is 0. The average Bonchev–Trinajstić information content (AvgIpc) is 3.39. The quantitative estimate of drug-likeness (QED) is 0.585. The number of piperidine rings is 1. The van der Waals surface area contributed by atoms with Crippen LogP contribution in [0.25, 0.3) is 0 Å². The van der Waals surface area contributed by atoms with Crippen LogP contribution in [0.5, 0.6) is 0 Å². The van der Waals surface area contributed by atoms with Crippen molar-refractivity contribution in [3.8, 4) is 6.07 Å². The minimum Gasteiger partial charge on any atom is -0.376 e. The summed E-state index contributed by atoms with van der Waals surface area (Å²) in [7, 11) is 3.42. The van der Waals surface area contributed by atoms with Crippen LogP contribution in [0, 0.1) is 11.3 Å². The van der Waals surface area contributed by atoms with Gasteiger partial charge in [0.25, 0.3) is 0 Å². The van der Waals surface area contributed by atoms with E-state index in [1.165, 1.54) is 0 Å². The van der Waals surface area contributed by atoms with Crippen molar-refractivity contribution < 1.29 is 23.7 Å². The number of hydrogen-bond donors (Lipinski definition) is 1. The van der Waals surface area contributed by atoms with Crippen molar-refractivity contribution in [1.29, 1.82) is 5.26 Å². The van der Waals surface area contributed by atoms with Crippen molar-refractivity contribution in [3.63, 3.8) is 0 Å². The van der Waals surface area contributed by atoms with E-state index in [0.717, 1.165) is 51.7 Å². The van der Waals surface area contributed by atoms with E-state index in [9.17, 15) is 10.1 Å². The van der Waals surface area contributed by atoms with E-state index in [-0.39, 0.29) is 41.4 Å². The molecule has 0 bridgehead atoms. The van der Waals surface area contributed by atoms with Gasteiger partial charge in [0.05, 0.1) is 24.8 Å². The van der Waals surface area contributed by atoms with Gasteiger partial charge >= 0.3 is 0 Å². The summed E-state index contributed by atoms with van der Waals surface area (Å²) in [5, 5.41) is 12.8. The van der Waals surface area contributed by atoms with Crippen molar-refractivity contribution in [2.75, 3.05) is 53.6 Å². The number of likely N-dealkylation sites (tertiary alicyclic amines) is 2. The van der Waals surface area contributed by atoms with E-state index >= 15 is 0 Å². The van der Waals surface area contributed by atoms with Crippen LogP contribution in [0.4, 0.5) is 0 Å². The molecule has 4 fully saturated rings. The lowest BCUT2D eigenvalue weighted by molar-refractivity contribution is -0.239. The highest BCUT2D eigenvalue weighted by atomic mass is 16.6. The number of nitrogens with one attached hydrogen (secondary N) is 1. The standard InChI is InChI=1S/C25H42N4O5/c1-23(2)16-25(22(34-23)21(32-5)19(31-4)15-33-25)17-28-11-8-24(3,9-12-28)27-14-20(30)29-10-6-7-18(29)13-26/h18-19,21-22,27H,6-12,14-17H2,1-5H3/t18-,19+,21+,22-,25+/m0/s1. The van der Waals surface area contributed by atoms with Gasteiger partial charge in [0.1, 0.15) is 30.0 Å². The minimum atomic E-state index is -0.418. The highest BCUT2D eigenvalue weighted by molar-refractivity contribution is 5.79. The lowest BCUT2D eigenvalue weighted by Gasteiger charge is -2.48. The average molecular weight is 479 g/mol. The number of ether oxygens (including phenoxy) is 4. The third kappa shape index (κ3) is 5.13. The normalized spacial score (nSPS) is 37.4. The molecule has 4 saturated heterocycles. The van der Waals surface area contributed by atoms with E-state index < -0.39 is 5.60 Å². The number of carbonyl (C=O) groups excluding carboxylic acids is 1. The van der Waals surface area contributed by atoms with Gasteiger partial charge in [0.15, 0.2) is 0 Å². The van der Waals surface area contributed by atoms with Gasteiger partial charge in [-0.15, -0.1) is 0 Å². The molecule has 5 atom stereocenters. The Morgan fingerprint density at radius 1 is 1.18 bits per heavy atom. The lowest BCUT2D eigenvalue weighted by atomic mass is 9.81. The van der Waals surface area contributed by atoms with Crippen LogP contribution in [0.1, 0.15) is 52.9 Å². The highest BCUT2D eigenvalue weighted by Crippen LogP contribution is 2.46. The molecule has 1 N–H and O–H groups in total. The second-order valence-corrected chi connectivity index (χ2v) is 11.4. The Labute approximate surface area is 204 Å².